The highest BCUT2D eigenvalue weighted by Gasteiger charge is 2.28. The third-order valence-corrected chi connectivity index (χ3v) is 6.98. The fraction of sp³-hybridized carbons (Fsp3) is 0.533. The standard InChI is InChI=1S/C30H41FN4O4/c1-30(2,3)35-29(37)39-24-11-12-32-23(15-24)14-21-8-9-22(16-25(21)28(36)34-17-19-5-6-19)33-18-20-7-10-27(38-4)26(31)13-20/h7-10,13,16,19,23-24,32-33H,5-6,11-12,14-15,17-18H2,1-4H3,(H,34,36)(H,35,37). The lowest BCUT2D eigenvalue weighted by Gasteiger charge is -2.31. The molecule has 1 saturated heterocycles. The van der Waals surface area contributed by atoms with Crippen LogP contribution in [0.25, 0.3) is 0 Å². The number of carbonyl (C=O) groups excluding carboxylic acids is 2. The number of rotatable bonds is 10. The van der Waals surface area contributed by atoms with Crippen molar-refractivity contribution in [3.05, 3.63) is 58.9 Å². The van der Waals surface area contributed by atoms with Gasteiger partial charge in [0.1, 0.15) is 6.10 Å². The minimum Gasteiger partial charge on any atom is -0.494 e. The second-order valence-corrected chi connectivity index (χ2v) is 11.6. The Bertz CT molecular complexity index is 1160. The highest BCUT2D eigenvalue weighted by molar-refractivity contribution is 5.96. The van der Waals surface area contributed by atoms with E-state index in [1.807, 2.05) is 45.0 Å². The molecule has 1 aliphatic heterocycles. The summed E-state index contributed by atoms with van der Waals surface area (Å²) < 4.78 is 24.8. The van der Waals surface area contributed by atoms with Crippen LogP contribution in [0.1, 0.15) is 67.9 Å². The first-order valence-electron chi connectivity index (χ1n) is 13.8. The van der Waals surface area contributed by atoms with Crippen LogP contribution in [0.15, 0.2) is 36.4 Å². The molecule has 0 spiro atoms. The van der Waals surface area contributed by atoms with E-state index in [0.717, 1.165) is 42.6 Å². The van der Waals surface area contributed by atoms with Crippen LogP contribution in [-0.2, 0) is 17.7 Å². The van der Waals surface area contributed by atoms with Gasteiger partial charge in [0.05, 0.1) is 7.11 Å². The van der Waals surface area contributed by atoms with Crippen LogP contribution in [0.4, 0.5) is 14.9 Å². The van der Waals surface area contributed by atoms with Gasteiger partial charge in [-0.1, -0.05) is 12.1 Å². The number of alkyl carbamates (subject to hydrolysis) is 1. The van der Waals surface area contributed by atoms with Crippen molar-refractivity contribution in [3.8, 4) is 5.75 Å². The van der Waals surface area contributed by atoms with Gasteiger partial charge in [-0.05, 0) is 94.3 Å². The predicted octanol–water partition coefficient (Wildman–Crippen LogP) is 4.77. The number of anilines is 1. The van der Waals surface area contributed by atoms with Crippen molar-refractivity contribution in [2.24, 2.45) is 5.92 Å². The molecule has 0 bridgehead atoms. The first-order valence-corrected chi connectivity index (χ1v) is 13.8. The number of halogens is 1. The Labute approximate surface area is 230 Å². The molecular formula is C30H41FN4O4. The minimum absolute atomic E-state index is 0.0715. The average molecular weight is 541 g/mol. The molecule has 9 heteroatoms. The Kier molecular flexibility index (Phi) is 9.32. The van der Waals surface area contributed by atoms with Gasteiger partial charge < -0.3 is 30.7 Å². The zero-order chi connectivity index (χ0) is 28.0. The lowest BCUT2D eigenvalue weighted by Crippen LogP contribution is -2.47. The van der Waals surface area contributed by atoms with Crippen LogP contribution < -0.4 is 26.0 Å². The second-order valence-electron chi connectivity index (χ2n) is 11.6. The number of carbonyl (C=O) groups is 2. The van der Waals surface area contributed by atoms with Crippen molar-refractivity contribution < 1.29 is 23.5 Å². The highest BCUT2D eigenvalue weighted by atomic mass is 19.1. The SMILES string of the molecule is COc1ccc(CNc2ccc(CC3CC(OC(=O)NC(C)(C)C)CCN3)c(C(=O)NCC3CC3)c2)cc1F. The Morgan fingerprint density at radius 3 is 2.59 bits per heavy atom. The predicted molar refractivity (Wildman–Crippen MR) is 150 cm³/mol. The molecule has 2 aliphatic rings. The zero-order valence-electron chi connectivity index (χ0n) is 23.4. The Hall–Kier alpha value is -3.33. The van der Waals surface area contributed by atoms with Gasteiger partial charge in [0.25, 0.3) is 5.91 Å². The first-order chi connectivity index (χ1) is 18.6. The second kappa shape index (κ2) is 12.7. The molecule has 2 unspecified atom stereocenters. The summed E-state index contributed by atoms with van der Waals surface area (Å²) in [5.74, 6) is 0.270. The van der Waals surface area contributed by atoms with Gasteiger partial charge in [-0.25, -0.2) is 9.18 Å². The summed E-state index contributed by atoms with van der Waals surface area (Å²) in [6, 6.07) is 10.7. The van der Waals surface area contributed by atoms with Crippen LogP contribution in [0.5, 0.6) is 5.75 Å². The summed E-state index contributed by atoms with van der Waals surface area (Å²) in [5, 5.41) is 12.8. The van der Waals surface area contributed by atoms with E-state index in [4.69, 9.17) is 9.47 Å². The average Bonchev–Trinajstić information content (AvgIpc) is 3.70. The third-order valence-electron chi connectivity index (χ3n) is 6.98. The van der Waals surface area contributed by atoms with Crippen LogP contribution in [-0.4, -0.2) is 49.9 Å². The van der Waals surface area contributed by atoms with Crippen molar-refractivity contribution >= 4 is 17.7 Å². The number of nitrogens with one attached hydrogen (secondary N) is 4. The minimum atomic E-state index is -0.412. The molecule has 2 atom stereocenters. The third kappa shape index (κ3) is 8.85. The summed E-state index contributed by atoms with van der Waals surface area (Å²) in [4.78, 5) is 25.5. The number of hydrogen-bond acceptors (Lipinski definition) is 6. The van der Waals surface area contributed by atoms with E-state index in [9.17, 15) is 14.0 Å². The molecule has 4 rings (SSSR count). The quantitative estimate of drug-likeness (QED) is 0.346. The molecule has 2 aromatic rings. The van der Waals surface area contributed by atoms with Crippen molar-refractivity contribution in [2.45, 2.75) is 77.1 Å². The fourth-order valence-electron chi connectivity index (χ4n) is 4.74. The Balaban J connectivity index is 1.43. The summed E-state index contributed by atoms with van der Waals surface area (Å²) >= 11 is 0. The van der Waals surface area contributed by atoms with Gasteiger partial charge in [0, 0.05) is 42.3 Å². The van der Waals surface area contributed by atoms with Gasteiger partial charge in [0.15, 0.2) is 11.6 Å². The smallest absolute Gasteiger partial charge is 0.407 e. The molecule has 1 heterocycles. The summed E-state index contributed by atoms with van der Waals surface area (Å²) in [6.45, 7) is 7.58. The molecule has 8 nitrogen and oxygen atoms in total. The largest absolute Gasteiger partial charge is 0.494 e. The van der Waals surface area contributed by atoms with Crippen LogP contribution in [0.2, 0.25) is 0 Å². The lowest BCUT2D eigenvalue weighted by atomic mass is 9.92. The van der Waals surface area contributed by atoms with Gasteiger partial charge in [-0.2, -0.15) is 0 Å². The van der Waals surface area contributed by atoms with E-state index in [1.165, 1.54) is 13.2 Å². The fourth-order valence-corrected chi connectivity index (χ4v) is 4.74. The number of ether oxygens (including phenoxy) is 2. The number of amides is 2. The number of benzene rings is 2. The van der Waals surface area contributed by atoms with Gasteiger partial charge in [-0.15, -0.1) is 0 Å². The number of hydrogen-bond donors (Lipinski definition) is 4. The van der Waals surface area contributed by atoms with Crippen molar-refractivity contribution in [2.75, 3.05) is 25.5 Å². The van der Waals surface area contributed by atoms with Crippen molar-refractivity contribution in [1.82, 2.24) is 16.0 Å². The van der Waals surface area contributed by atoms with E-state index in [-0.39, 0.29) is 29.3 Å². The zero-order valence-corrected chi connectivity index (χ0v) is 23.4. The molecular weight excluding hydrogens is 499 g/mol. The number of piperidine rings is 1. The molecule has 2 amide bonds. The molecule has 0 radical (unpaired) electrons. The number of methoxy groups -OCH3 is 1. The van der Waals surface area contributed by atoms with E-state index in [2.05, 4.69) is 21.3 Å². The molecule has 2 aromatic carbocycles. The van der Waals surface area contributed by atoms with Gasteiger partial charge in [-0.3, -0.25) is 4.79 Å². The van der Waals surface area contributed by atoms with E-state index < -0.39 is 11.9 Å². The molecule has 1 saturated carbocycles. The summed E-state index contributed by atoms with van der Waals surface area (Å²) in [7, 11) is 1.44. The molecule has 0 aromatic heterocycles. The molecule has 39 heavy (non-hydrogen) atoms. The van der Waals surface area contributed by atoms with Gasteiger partial charge >= 0.3 is 6.09 Å². The lowest BCUT2D eigenvalue weighted by molar-refractivity contribution is 0.0639. The van der Waals surface area contributed by atoms with E-state index in [1.54, 1.807) is 6.07 Å². The molecule has 2 fully saturated rings. The van der Waals surface area contributed by atoms with Crippen molar-refractivity contribution in [3.63, 3.8) is 0 Å². The normalized spacial score (nSPS) is 19.2. The Morgan fingerprint density at radius 1 is 1.10 bits per heavy atom. The van der Waals surface area contributed by atoms with Crippen LogP contribution in [0.3, 0.4) is 0 Å². The first kappa shape index (κ1) is 28.7. The van der Waals surface area contributed by atoms with E-state index in [0.29, 0.717) is 37.4 Å². The maximum atomic E-state index is 14.1. The summed E-state index contributed by atoms with van der Waals surface area (Å²) in [5.41, 5.74) is 2.75. The van der Waals surface area contributed by atoms with Gasteiger partial charge in [0.2, 0.25) is 0 Å². The topological polar surface area (TPSA) is 101 Å². The maximum absolute atomic E-state index is 14.1. The van der Waals surface area contributed by atoms with E-state index >= 15 is 0 Å². The van der Waals surface area contributed by atoms with Crippen LogP contribution in [0, 0.1) is 11.7 Å². The molecule has 1 aliphatic carbocycles. The molecule has 212 valence electrons. The monoisotopic (exact) mass is 540 g/mol. The van der Waals surface area contributed by atoms with Crippen LogP contribution >= 0.6 is 0 Å². The van der Waals surface area contributed by atoms with Crippen molar-refractivity contribution in [1.29, 1.82) is 0 Å². The Morgan fingerprint density at radius 2 is 1.90 bits per heavy atom. The maximum Gasteiger partial charge on any atom is 0.407 e. The summed E-state index contributed by atoms with van der Waals surface area (Å²) in [6.07, 6.45) is 3.78. The molecule has 4 N–H and O–H groups in total. The highest BCUT2D eigenvalue weighted by Crippen LogP contribution is 2.28.